The van der Waals surface area contributed by atoms with Crippen molar-refractivity contribution in [3.8, 4) is 0 Å². The van der Waals surface area contributed by atoms with E-state index in [4.69, 9.17) is 0 Å². The minimum Gasteiger partial charge on any atom is -0.388 e. The number of non-ortho nitro benzene ring substituents is 1. The van der Waals surface area contributed by atoms with E-state index in [2.05, 4.69) is 34.9 Å². The van der Waals surface area contributed by atoms with Crippen LogP contribution in [0.5, 0.6) is 0 Å². The molecule has 0 bridgehead atoms. The number of rotatable bonds is 5. The largest absolute Gasteiger partial charge is 0.388 e. The first kappa shape index (κ1) is 14.8. The van der Waals surface area contributed by atoms with Crippen molar-refractivity contribution in [3.05, 3.63) is 63.7 Å². The van der Waals surface area contributed by atoms with Gasteiger partial charge in [-0.1, -0.05) is 29.8 Å². The number of nitrogens with one attached hydrogen (secondary N) is 2. The summed E-state index contributed by atoms with van der Waals surface area (Å²) < 4.78 is 0. The zero-order valence-corrected chi connectivity index (χ0v) is 12.4. The molecule has 2 N–H and O–H groups in total. The summed E-state index contributed by atoms with van der Waals surface area (Å²) in [6, 6.07) is 13.2. The monoisotopic (exact) mass is 285 g/mol. The smallest absolute Gasteiger partial charge is 0.273 e. The molecule has 0 saturated carbocycles. The number of anilines is 2. The molecule has 0 heterocycles. The standard InChI is InChI=1S/C16H19N3O2/c1-11-4-6-13(7-5-11)12(2)18-15-8-14(17-3)9-16(10-15)19(20)21/h4-10,12,17-18H,1-3H3. The first-order valence-electron chi connectivity index (χ1n) is 6.80. The van der Waals surface area contributed by atoms with Gasteiger partial charge in [-0.15, -0.1) is 0 Å². The van der Waals surface area contributed by atoms with Crippen LogP contribution in [-0.2, 0) is 0 Å². The number of hydrogen-bond donors (Lipinski definition) is 2. The van der Waals surface area contributed by atoms with Gasteiger partial charge in [-0.25, -0.2) is 0 Å². The molecule has 0 aliphatic rings. The van der Waals surface area contributed by atoms with Crippen LogP contribution in [-0.4, -0.2) is 12.0 Å². The van der Waals surface area contributed by atoms with Gasteiger partial charge in [0, 0.05) is 36.6 Å². The molecule has 1 unspecified atom stereocenters. The highest BCUT2D eigenvalue weighted by atomic mass is 16.6. The van der Waals surface area contributed by atoms with Gasteiger partial charge in [-0.2, -0.15) is 0 Å². The van der Waals surface area contributed by atoms with Gasteiger partial charge in [0.1, 0.15) is 0 Å². The van der Waals surface area contributed by atoms with Crippen LogP contribution in [0.1, 0.15) is 24.1 Å². The quantitative estimate of drug-likeness (QED) is 0.640. The van der Waals surface area contributed by atoms with Crippen molar-refractivity contribution in [1.29, 1.82) is 0 Å². The molecule has 0 aromatic heterocycles. The molecular formula is C16H19N3O2. The molecule has 110 valence electrons. The Morgan fingerprint density at radius 3 is 2.29 bits per heavy atom. The summed E-state index contributed by atoms with van der Waals surface area (Å²) in [5.74, 6) is 0. The van der Waals surface area contributed by atoms with Crippen molar-refractivity contribution in [3.63, 3.8) is 0 Å². The van der Waals surface area contributed by atoms with Gasteiger partial charge in [0.25, 0.3) is 5.69 Å². The molecule has 0 amide bonds. The van der Waals surface area contributed by atoms with Gasteiger partial charge in [-0.05, 0) is 25.5 Å². The molecule has 0 radical (unpaired) electrons. The van der Waals surface area contributed by atoms with Gasteiger partial charge < -0.3 is 10.6 Å². The molecule has 0 aliphatic carbocycles. The van der Waals surface area contributed by atoms with Gasteiger partial charge in [-0.3, -0.25) is 10.1 Å². The van der Waals surface area contributed by atoms with Crippen LogP contribution in [0.25, 0.3) is 0 Å². The summed E-state index contributed by atoms with van der Waals surface area (Å²) in [7, 11) is 1.74. The predicted molar refractivity (Wildman–Crippen MR) is 85.9 cm³/mol. The Balaban J connectivity index is 2.23. The second kappa shape index (κ2) is 6.26. The van der Waals surface area contributed by atoms with Crippen molar-refractivity contribution < 1.29 is 4.92 Å². The molecule has 0 spiro atoms. The molecule has 0 fully saturated rings. The van der Waals surface area contributed by atoms with E-state index in [0.717, 1.165) is 11.3 Å². The first-order valence-corrected chi connectivity index (χ1v) is 6.80. The van der Waals surface area contributed by atoms with E-state index in [9.17, 15) is 10.1 Å². The van der Waals surface area contributed by atoms with Crippen LogP contribution in [0, 0.1) is 17.0 Å². The summed E-state index contributed by atoms with van der Waals surface area (Å²) in [6.07, 6.45) is 0. The summed E-state index contributed by atoms with van der Waals surface area (Å²) in [6.45, 7) is 4.07. The topological polar surface area (TPSA) is 67.2 Å². The van der Waals surface area contributed by atoms with E-state index in [1.54, 1.807) is 13.1 Å². The first-order chi connectivity index (χ1) is 9.99. The van der Waals surface area contributed by atoms with Gasteiger partial charge in [0.05, 0.1) is 4.92 Å². The molecule has 2 aromatic rings. The molecular weight excluding hydrogens is 266 g/mol. The Hall–Kier alpha value is -2.56. The average molecular weight is 285 g/mol. The van der Waals surface area contributed by atoms with Crippen LogP contribution in [0.4, 0.5) is 17.1 Å². The van der Waals surface area contributed by atoms with Crippen LogP contribution >= 0.6 is 0 Å². The van der Waals surface area contributed by atoms with E-state index in [1.807, 2.05) is 19.9 Å². The molecule has 21 heavy (non-hydrogen) atoms. The fourth-order valence-corrected chi connectivity index (χ4v) is 2.13. The third kappa shape index (κ3) is 3.72. The number of nitrogens with zero attached hydrogens (tertiary/aromatic N) is 1. The lowest BCUT2D eigenvalue weighted by Gasteiger charge is -2.16. The Morgan fingerprint density at radius 2 is 1.71 bits per heavy atom. The highest BCUT2D eigenvalue weighted by Gasteiger charge is 2.11. The summed E-state index contributed by atoms with van der Waals surface area (Å²) in [5.41, 5.74) is 3.85. The zero-order valence-electron chi connectivity index (χ0n) is 12.4. The molecule has 2 aromatic carbocycles. The Labute approximate surface area is 124 Å². The van der Waals surface area contributed by atoms with Gasteiger partial charge in [0.15, 0.2) is 0 Å². The summed E-state index contributed by atoms with van der Waals surface area (Å²) >= 11 is 0. The Kier molecular flexibility index (Phi) is 4.42. The van der Waals surface area contributed by atoms with E-state index in [1.165, 1.54) is 11.6 Å². The van der Waals surface area contributed by atoms with Crippen molar-refractivity contribution in [2.45, 2.75) is 19.9 Å². The van der Waals surface area contributed by atoms with E-state index in [0.29, 0.717) is 5.69 Å². The molecule has 0 saturated heterocycles. The van der Waals surface area contributed by atoms with E-state index < -0.39 is 0 Å². The molecule has 0 aliphatic heterocycles. The average Bonchev–Trinajstić information content (AvgIpc) is 2.47. The summed E-state index contributed by atoms with van der Waals surface area (Å²) in [4.78, 5) is 10.6. The predicted octanol–water partition coefficient (Wildman–Crippen LogP) is 4.12. The highest BCUT2D eigenvalue weighted by molar-refractivity contribution is 5.63. The maximum Gasteiger partial charge on any atom is 0.273 e. The van der Waals surface area contributed by atoms with Crippen molar-refractivity contribution in [2.24, 2.45) is 0 Å². The van der Waals surface area contributed by atoms with E-state index in [-0.39, 0.29) is 16.7 Å². The van der Waals surface area contributed by atoms with Gasteiger partial charge >= 0.3 is 0 Å². The number of hydrogen-bond acceptors (Lipinski definition) is 4. The fraction of sp³-hybridized carbons (Fsp3) is 0.250. The SMILES string of the molecule is CNc1cc(NC(C)c2ccc(C)cc2)cc([N+](=O)[O-])c1. The second-order valence-electron chi connectivity index (χ2n) is 5.05. The lowest BCUT2D eigenvalue weighted by atomic mass is 10.1. The zero-order chi connectivity index (χ0) is 15.4. The van der Waals surface area contributed by atoms with Crippen molar-refractivity contribution in [2.75, 3.05) is 17.7 Å². The number of nitro groups is 1. The number of aryl methyl sites for hydroxylation is 1. The highest BCUT2D eigenvalue weighted by Crippen LogP contribution is 2.27. The molecule has 1 atom stereocenters. The van der Waals surface area contributed by atoms with Crippen LogP contribution in [0.3, 0.4) is 0 Å². The minimum absolute atomic E-state index is 0.0670. The Bertz CT molecular complexity index is 638. The number of benzene rings is 2. The third-order valence-corrected chi connectivity index (χ3v) is 3.38. The molecule has 5 heteroatoms. The van der Waals surface area contributed by atoms with Crippen LogP contribution in [0.15, 0.2) is 42.5 Å². The molecule has 5 nitrogen and oxygen atoms in total. The number of nitro benzene ring substituents is 1. The molecule has 2 rings (SSSR count). The second-order valence-corrected chi connectivity index (χ2v) is 5.05. The summed E-state index contributed by atoms with van der Waals surface area (Å²) in [5, 5.41) is 17.2. The van der Waals surface area contributed by atoms with E-state index >= 15 is 0 Å². The lowest BCUT2D eigenvalue weighted by molar-refractivity contribution is -0.384. The Morgan fingerprint density at radius 1 is 1.10 bits per heavy atom. The van der Waals surface area contributed by atoms with Crippen molar-refractivity contribution >= 4 is 17.1 Å². The minimum atomic E-state index is -0.386. The normalized spacial score (nSPS) is 11.8. The maximum absolute atomic E-state index is 11.0. The van der Waals surface area contributed by atoms with Crippen LogP contribution in [0.2, 0.25) is 0 Å². The van der Waals surface area contributed by atoms with Crippen LogP contribution < -0.4 is 10.6 Å². The fourth-order valence-electron chi connectivity index (χ4n) is 2.13. The maximum atomic E-state index is 11.0. The van der Waals surface area contributed by atoms with Gasteiger partial charge in [0.2, 0.25) is 0 Å². The third-order valence-electron chi connectivity index (χ3n) is 3.38. The van der Waals surface area contributed by atoms with Crippen molar-refractivity contribution in [1.82, 2.24) is 0 Å². The lowest BCUT2D eigenvalue weighted by Crippen LogP contribution is -2.07.